The molecule has 0 aliphatic carbocycles. The second-order valence-corrected chi connectivity index (χ2v) is 9.23. The molecule has 0 aliphatic heterocycles. The van der Waals surface area contributed by atoms with Crippen LogP contribution in [0, 0.1) is 13.8 Å². The molecule has 0 saturated heterocycles. The van der Waals surface area contributed by atoms with Crippen molar-refractivity contribution in [3.63, 3.8) is 0 Å². The van der Waals surface area contributed by atoms with Crippen LogP contribution in [0.1, 0.15) is 20.9 Å². The van der Waals surface area contributed by atoms with Gasteiger partial charge in [0.1, 0.15) is 4.88 Å². The van der Waals surface area contributed by atoms with E-state index >= 15 is 0 Å². The highest BCUT2D eigenvalue weighted by Gasteiger charge is 2.19. The smallest absolute Gasteiger partial charge is 0.267 e. The molecule has 0 unspecified atom stereocenters. The molecule has 3 rings (SSSR count). The zero-order valence-corrected chi connectivity index (χ0v) is 17.7. The molecule has 0 bridgehead atoms. The summed E-state index contributed by atoms with van der Waals surface area (Å²) in [5, 5.41) is 2.73. The fourth-order valence-electron chi connectivity index (χ4n) is 2.40. The number of hydrogen-bond acceptors (Lipinski definition) is 5. The number of hydrogen-bond donors (Lipinski definition) is 2. The number of nitrogens with zero attached hydrogens (tertiary/aromatic N) is 1. The molecule has 9 heteroatoms. The Bertz CT molecular complexity index is 1090. The summed E-state index contributed by atoms with van der Waals surface area (Å²) in [6.45, 7) is 3.45. The van der Waals surface area contributed by atoms with Gasteiger partial charge in [-0.3, -0.25) is 9.52 Å². The third kappa shape index (κ3) is 4.55. The number of carbonyl (C=O) groups excluding carboxylic acids is 1. The fraction of sp³-hybridized carbons (Fsp3) is 0.111. The summed E-state index contributed by atoms with van der Waals surface area (Å²) in [6.07, 6.45) is 0. The van der Waals surface area contributed by atoms with E-state index in [0.29, 0.717) is 27.5 Å². The van der Waals surface area contributed by atoms with Crippen molar-refractivity contribution < 1.29 is 13.2 Å². The highest BCUT2D eigenvalue weighted by Crippen LogP contribution is 2.24. The highest BCUT2D eigenvalue weighted by atomic mass is 79.9. The summed E-state index contributed by atoms with van der Waals surface area (Å²) in [5.74, 6) is -0.317. The maximum Gasteiger partial charge on any atom is 0.267 e. The predicted molar refractivity (Wildman–Crippen MR) is 111 cm³/mol. The number of rotatable bonds is 5. The van der Waals surface area contributed by atoms with Crippen LogP contribution in [0.4, 0.5) is 11.4 Å². The molecule has 2 N–H and O–H groups in total. The largest absolute Gasteiger partial charge is 0.321 e. The normalized spacial score (nSPS) is 11.2. The SMILES string of the molecule is Cc1ccc(NC(=O)c2scnc2C)cc1S(=O)(=O)Nc1ccc(Br)cc1. The Labute approximate surface area is 169 Å². The first-order chi connectivity index (χ1) is 12.8. The molecule has 27 heavy (non-hydrogen) atoms. The van der Waals surface area contributed by atoms with E-state index in [9.17, 15) is 13.2 Å². The van der Waals surface area contributed by atoms with Crippen LogP contribution in [0.3, 0.4) is 0 Å². The minimum Gasteiger partial charge on any atom is -0.321 e. The Kier molecular flexibility index (Phi) is 5.64. The Morgan fingerprint density at radius 1 is 1.07 bits per heavy atom. The van der Waals surface area contributed by atoms with Gasteiger partial charge in [-0.25, -0.2) is 13.4 Å². The zero-order valence-electron chi connectivity index (χ0n) is 14.5. The van der Waals surface area contributed by atoms with Gasteiger partial charge in [-0.2, -0.15) is 0 Å². The third-order valence-electron chi connectivity index (χ3n) is 3.78. The van der Waals surface area contributed by atoms with E-state index in [4.69, 9.17) is 0 Å². The van der Waals surface area contributed by atoms with Gasteiger partial charge in [0.25, 0.3) is 15.9 Å². The van der Waals surface area contributed by atoms with Gasteiger partial charge in [0, 0.05) is 15.8 Å². The molecule has 3 aromatic rings. The Morgan fingerprint density at radius 2 is 1.74 bits per heavy atom. The van der Waals surface area contributed by atoms with Crippen LogP contribution in [0.25, 0.3) is 0 Å². The Morgan fingerprint density at radius 3 is 2.37 bits per heavy atom. The van der Waals surface area contributed by atoms with Gasteiger partial charge in [-0.05, 0) is 55.8 Å². The molecule has 0 spiro atoms. The summed E-state index contributed by atoms with van der Waals surface area (Å²) in [4.78, 5) is 17.0. The lowest BCUT2D eigenvalue weighted by Gasteiger charge is -2.13. The number of sulfonamides is 1. The fourth-order valence-corrected chi connectivity index (χ4v) is 4.70. The van der Waals surface area contributed by atoms with Gasteiger partial charge in [0.2, 0.25) is 0 Å². The lowest BCUT2D eigenvalue weighted by Crippen LogP contribution is -2.16. The van der Waals surface area contributed by atoms with E-state index in [1.165, 1.54) is 17.4 Å². The first kappa shape index (κ1) is 19.5. The van der Waals surface area contributed by atoms with Gasteiger partial charge in [0.15, 0.2) is 0 Å². The summed E-state index contributed by atoms with van der Waals surface area (Å²) in [7, 11) is -3.80. The topological polar surface area (TPSA) is 88.2 Å². The Balaban J connectivity index is 1.87. The minimum atomic E-state index is -3.80. The second kappa shape index (κ2) is 7.79. The molecular weight excluding hydrogens is 450 g/mol. The number of benzene rings is 2. The van der Waals surface area contributed by atoms with Crippen molar-refractivity contribution in [3.8, 4) is 0 Å². The van der Waals surface area contributed by atoms with Crippen LogP contribution in [-0.2, 0) is 10.0 Å². The predicted octanol–water partition coefficient (Wildman–Crippen LogP) is 4.58. The molecule has 0 saturated carbocycles. The van der Waals surface area contributed by atoms with Gasteiger partial charge >= 0.3 is 0 Å². The van der Waals surface area contributed by atoms with E-state index in [-0.39, 0.29) is 10.8 Å². The first-order valence-corrected chi connectivity index (χ1v) is 11.0. The van der Waals surface area contributed by atoms with E-state index in [1.54, 1.807) is 55.8 Å². The summed E-state index contributed by atoms with van der Waals surface area (Å²) in [5.41, 5.74) is 3.65. The van der Waals surface area contributed by atoms with Crippen molar-refractivity contribution in [1.82, 2.24) is 4.98 Å². The molecule has 0 radical (unpaired) electrons. The maximum absolute atomic E-state index is 12.8. The van der Waals surface area contributed by atoms with Crippen LogP contribution in [0.5, 0.6) is 0 Å². The molecule has 0 atom stereocenters. The van der Waals surface area contributed by atoms with Crippen molar-refractivity contribution in [2.45, 2.75) is 18.7 Å². The van der Waals surface area contributed by atoms with Crippen LogP contribution in [0.15, 0.2) is 57.3 Å². The molecule has 1 aromatic heterocycles. The van der Waals surface area contributed by atoms with E-state index < -0.39 is 10.0 Å². The molecule has 2 aromatic carbocycles. The summed E-state index contributed by atoms with van der Waals surface area (Å²) < 4.78 is 29.0. The summed E-state index contributed by atoms with van der Waals surface area (Å²) >= 11 is 4.55. The number of anilines is 2. The average Bonchev–Trinajstić information content (AvgIpc) is 3.04. The minimum absolute atomic E-state index is 0.101. The molecule has 1 amide bonds. The molecule has 6 nitrogen and oxygen atoms in total. The molecule has 1 heterocycles. The number of amides is 1. The molecule has 0 aliphatic rings. The molecule has 0 fully saturated rings. The van der Waals surface area contributed by atoms with E-state index in [1.807, 2.05) is 0 Å². The monoisotopic (exact) mass is 465 g/mol. The standard InChI is InChI=1S/C18H16BrN3O3S2/c1-11-3-6-15(21-18(23)17-12(2)20-10-26-17)9-16(11)27(24,25)22-14-7-4-13(19)5-8-14/h3-10,22H,1-2H3,(H,21,23). The lowest BCUT2D eigenvalue weighted by atomic mass is 10.2. The van der Waals surface area contributed by atoms with Crippen molar-refractivity contribution in [2.75, 3.05) is 10.0 Å². The van der Waals surface area contributed by atoms with Gasteiger partial charge < -0.3 is 5.32 Å². The van der Waals surface area contributed by atoms with Crippen molar-refractivity contribution in [1.29, 1.82) is 0 Å². The van der Waals surface area contributed by atoms with Crippen LogP contribution >= 0.6 is 27.3 Å². The Hall–Kier alpha value is -2.23. The van der Waals surface area contributed by atoms with E-state index in [2.05, 4.69) is 31.0 Å². The van der Waals surface area contributed by atoms with Crippen molar-refractivity contribution in [3.05, 3.63) is 68.6 Å². The average molecular weight is 466 g/mol. The van der Waals surface area contributed by atoms with E-state index in [0.717, 1.165) is 4.47 Å². The van der Waals surface area contributed by atoms with Gasteiger partial charge in [0.05, 0.1) is 16.1 Å². The first-order valence-electron chi connectivity index (χ1n) is 7.87. The second-order valence-electron chi connectivity index (χ2n) is 5.81. The summed E-state index contributed by atoms with van der Waals surface area (Å²) in [6, 6.07) is 11.6. The highest BCUT2D eigenvalue weighted by molar-refractivity contribution is 9.10. The maximum atomic E-state index is 12.8. The molecular formula is C18H16BrN3O3S2. The number of nitrogens with one attached hydrogen (secondary N) is 2. The third-order valence-corrected chi connectivity index (χ3v) is 6.76. The number of carbonyl (C=O) groups is 1. The molecule has 140 valence electrons. The number of thiazole rings is 1. The number of aromatic nitrogens is 1. The van der Waals surface area contributed by atoms with Crippen LogP contribution < -0.4 is 10.0 Å². The van der Waals surface area contributed by atoms with Gasteiger partial charge in [-0.15, -0.1) is 11.3 Å². The lowest BCUT2D eigenvalue weighted by molar-refractivity contribution is 0.102. The van der Waals surface area contributed by atoms with Crippen molar-refractivity contribution in [2.24, 2.45) is 0 Å². The van der Waals surface area contributed by atoms with Gasteiger partial charge in [-0.1, -0.05) is 22.0 Å². The zero-order chi connectivity index (χ0) is 19.6. The van der Waals surface area contributed by atoms with Crippen LogP contribution in [-0.4, -0.2) is 19.3 Å². The quantitative estimate of drug-likeness (QED) is 0.577. The number of aryl methyl sites for hydroxylation is 2. The van der Waals surface area contributed by atoms with Crippen molar-refractivity contribution >= 4 is 54.6 Å². The van der Waals surface area contributed by atoms with Crippen LogP contribution in [0.2, 0.25) is 0 Å². The number of halogens is 1.